The summed E-state index contributed by atoms with van der Waals surface area (Å²) in [5.41, 5.74) is 1.37. The molecule has 0 unspecified atom stereocenters. The minimum absolute atomic E-state index is 0.232. The number of carbonyl (C=O) groups excluding carboxylic acids is 2. The highest BCUT2D eigenvalue weighted by atomic mass is 16.5. The van der Waals surface area contributed by atoms with Crippen LogP contribution in [-0.4, -0.2) is 25.2 Å². The molecule has 0 aliphatic carbocycles. The zero-order valence-electron chi connectivity index (χ0n) is 18.0. The SMILES string of the molecule is C=Cc1cc(OC(=O)c2ccc(OCC)cc2)cc(OC(=O)c2ccc(OCC)cc2)c1. The van der Waals surface area contributed by atoms with E-state index in [9.17, 15) is 9.59 Å². The second-order valence-corrected chi connectivity index (χ2v) is 6.64. The van der Waals surface area contributed by atoms with E-state index in [0.717, 1.165) is 0 Å². The lowest BCUT2D eigenvalue weighted by molar-refractivity contribution is 0.0733. The summed E-state index contributed by atoms with van der Waals surface area (Å²) < 4.78 is 21.7. The lowest BCUT2D eigenvalue weighted by Gasteiger charge is -2.10. The van der Waals surface area contributed by atoms with Gasteiger partial charge >= 0.3 is 11.9 Å². The van der Waals surface area contributed by atoms with Crippen molar-refractivity contribution >= 4 is 18.0 Å². The van der Waals surface area contributed by atoms with Crippen molar-refractivity contribution < 1.29 is 28.5 Å². The smallest absolute Gasteiger partial charge is 0.343 e. The van der Waals surface area contributed by atoms with Crippen LogP contribution in [0, 0.1) is 0 Å². The minimum Gasteiger partial charge on any atom is -0.494 e. The lowest BCUT2D eigenvalue weighted by atomic mass is 10.2. The van der Waals surface area contributed by atoms with Crippen molar-refractivity contribution in [3.63, 3.8) is 0 Å². The van der Waals surface area contributed by atoms with Gasteiger partial charge in [-0.05, 0) is 80.1 Å². The van der Waals surface area contributed by atoms with Gasteiger partial charge in [0.25, 0.3) is 0 Å². The summed E-state index contributed by atoms with van der Waals surface area (Å²) in [5, 5.41) is 0. The number of hydrogen-bond donors (Lipinski definition) is 0. The van der Waals surface area contributed by atoms with Crippen molar-refractivity contribution in [1.29, 1.82) is 0 Å². The first-order valence-corrected chi connectivity index (χ1v) is 10.2. The molecule has 0 heterocycles. The van der Waals surface area contributed by atoms with E-state index in [1.54, 1.807) is 66.7 Å². The highest BCUT2D eigenvalue weighted by Gasteiger charge is 2.13. The van der Waals surface area contributed by atoms with Gasteiger partial charge in [0.15, 0.2) is 0 Å². The van der Waals surface area contributed by atoms with E-state index in [-0.39, 0.29) is 11.5 Å². The van der Waals surface area contributed by atoms with Crippen molar-refractivity contribution in [3.05, 3.63) is 90.0 Å². The first-order chi connectivity index (χ1) is 15.5. The highest BCUT2D eigenvalue weighted by Crippen LogP contribution is 2.26. The molecule has 0 atom stereocenters. The maximum Gasteiger partial charge on any atom is 0.343 e. The van der Waals surface area contributed by atoms with Crippen LogP contribution in [0.2, 0.25) is 0 Å². The predicted octanol–water partition coefficient (Wildman–Crippen LogP) is 5.57. The summed E-state index contributed by atoms with van der Waals surface area (Å²) in [4.78, 5) is 25.0. The fourth-order valence-corrected chi connectivity index (χ4v) is 2.87. The van der Waals surface area contributed by atoms with Gasteiger partial charge in [-0.1, -0.05) is 12.7 Å². The maximum atomic E-state index is 12.5. The Balaban J connectivity index is 1.73. The largest absolute Gasteiger partial charge is 0.494 e. The summed E-state index contributed by atoms with van der Waals surface area (Å²) >= 11 is 0. The first-order valence-electron chi connectivity index (χ1n) is 10.2. The Hall–Kier alpha value is -4.06. The third-order valence-corrected chi connectivity index (χ3v) is 4.36. The van der Waals surface area contributed by atoms with E-state index in [4.69, 9.17) is 18.9 Å². The van der Waals surface area contributed by atoms with Crippen LogP contribution in [0.5, 0.6) is 23.0 Å². The van der Waals surface area contributed by atoms with Gasteiger partial charge in [-0.3, -0.25) is 0 Å². The molecule has 6 heteroatoms. The van der Waals surface area contributed by atoms with Crippen molar-refractivity contribution in [2.75, 3.05) is 13.2 Å². The van der Waals surface area contributed by atoms with Gasteiger partial charge < -0.3 is 18.9 Å². The van der Waals surface area contributed by atoms with E-state index >= 15 is 0 Å². The standard InChI is InChI=1S/C26H24O6/c1-4-18-15-23(31-25(27)19-7-11-21(12-8-19)29-5-2)17-24(16-18)32-26(28)20-9-13-22(14-10-20)30-6-3/h4,7-17H,1,5-6H2,2-3H3. The molecule has 3 aromatic carbocycles. The van der Waals surface area contributed by atoms with Crippen molar-refractivity contribution in [2.45, 2.75) is 13.8 Å². The minimum atomic E-state index is -0.543. The Bertz CT molecular complexity index is 1000. The maximum absolute atomic E-state index is 12.5. The quantitative estimate of drug-likeness (QED) is 0.325. The molecule has 0 spiro atoms. The monoisotopic (exact) mass is 432 g/mol. The lowest BCUT2D eigenvalue weighted by Crippen LogP contribution is -2.10. The number of rotatable bonds is 9. The van der Waals surface area contributed by atoms with Crippen LogP contribution in [0.3, 0.4) is 0 Å². The van der Waals surface area contributed by atoms with Crippen LogP contribution in [-0.2, 0) is 0 Å². The summed E-state index contributed by atoms with van der Waals surface area (Å²) in [7, 11) is 0. The molecule has 3 rings (SSSR count). The molecule has 0 aromatic heterocycles. The van der Waals surface area contributed by atoms with Crippen LogP contribution in [0.25, 0.3) is 6.08 Å². The highest BCUT2D eigenvalue weighted by molar-refractivity contribution is 5.92. The Morgan fingerprint density at radius 3 is 1.44 bits per heavy atom. The molecular weight excluding hydrogens is 408 g/mol. The number of carbonyl (C=O) groups is 2. The third-order valence-electron chi connectivity index (χ3n) is 4.36. The van der Waals surface area contributed by atoms with Crippen molar-refractivity contribution in [3.8, 4) is 23.0 Å². The molecule has 0 aliphatic heterocycles. The zero-order valence-corrected chi connectivity index (χ0v) is 18.0. The number of hydrogen-bond acceptors (Lipinski definition) is 6. The van der Waals surface area contributed by atoms with E-state index in [2.05, 4.69) is 6.58 Å². The van der Waals surface area contributed by atoms with Crippen molar-refractivity contribution in [2.24, 2.45) is 0 Å². The zero-order chi connectivity index (χ0) is 22.9. The van der Waals surface area contributed by atoms with Crippen LogP contribution in [0.15, 0.2) is 73.3 Å². The van der Waals surface area contributed by atoms with Crippen LogP contribution in [0.4, 0.5) is 0 Å². The second kappa shape index (κ2) is 10.8. The molecule has 0 bridgehead atoms. The van der Waals surface area contributed by atoms with Gasteiger partial charge in [0.05, 0.1) is 24.3 Å². The van der Waals surface area contributed by atoms with Crippen LogP contribution in [0.1, 0.15) is 40.1 Å². The Kier molecular flexibility index (Phi) is 7.65. The van der Waals surface area contributed by atoms with E-state index in [0.29, 0.717) is 41.4 Å². The van der Waals surface area contributed by atoms with Gasteiger partial charge in [0.2, 0.25) is 0 Å². The van der Waals surface area contributed by atoms with E-state index in [1.807, 2.05) is 13.8 Å². The molecular formula is C26H24O6. The second-order valence-electron chi connectivity index (χ2n) is 6.64. The van der Waals surface area contributed by atoms with Gasteiger partial charge in [-0.15, -0.1) is 0 Å². The number of esters is 2. The molecule has 0 radical (unpaired) electrons. The number of ether oxygens (including phenoxy) is 4. The molecule has 0 saturated carbocycles. The van der Waals surface area contributed by atoms with Gasteiger partial charge in [-0.2, -0.15) is 0 Å². The average molecular weight is 432 g/mol. The topological polar surface area (TPSA) is 71.1 Å². The molecule has 3 aromatic rings. The average Bonchev–Trinajstić information content (AvgIpc) is 2.80. The molecule has 6 nitrogen and oxygen atoms in total. The third kappa shape index (κ3) is 5.98. The molecule has 0 N–H and O–H groups in total. The van der Waals surface area contributed by atoms with Gasteiger partial charge in [0, 0.05) is 6.07 Å². The first kappa shape index (κ1) is 22.6. The Labute approximate surface area is 187 Å². The molecule has 0 fully saturated rings. The fourth-order valence-electron chi connectivity index (χ4n) is 2.87. The van der Waals surface area contributed by atoms with Crippen LogP contribution < -0.4 is 18.9 Å². The van der Waals surface area contributed by atoms with Gasteiger partial charge in [-0.25, -0.2) is 9.59 Å². The molecule has 0 aliphatic rings. The Morgan fingerprint density at radius 2 is 1.09 bits per heavy atom. The summed E-state index contributed by atoms with van der Waals surface area (Å²) in [6.45, 7) is 8.58. The predicted molar refractivity (Wildman–Crippen MR) is 122 cm³/mol. The number of benzene rings is 3. The molecule has 164 valence electrons. The summed E-state index contributed by atoms with van der Waals surface area (Å²) in [6.07, 6.45) is 1.57. The summed E-state index contributed by atoms with van der Waals surface area (Å²) in [5.74, 6) is 0.713. The van der Waals surface area contributed by atoms with E-state index < -0.39 is 11.9 Å². The normalized spacial score (nSPS) is 10.2. The molecule has 32 heavy (non-hydrogen) atoms. The molecule has 0 saturated heterocycles. The van der Waals surface area contributed by atoms with Gasteiger partial charge in [0.1, 0.15) is 23.0 Å². The van der Waals surface area contributed by atoms with Crippen LogP contribution >= 0.6 is 0 Å². The van der Waals surface area contributed by atoms with Crippen molar-refractivity contribution in [1.82, 2.24) is 0 Å². The summed E-state index contributed by atoms with van der Waals surface area (Å²) in [6, 6.07) is 18.0. The Morgan fingerprint density at radius 1 is 0.688 bits per heavy atom. The molecule has 0 amide bonds. The van der Waals surface area contributed by atoms with E-state index in [1.165, 1.54) is 6.07 Å². The fraction of sp³-hybridized carbons (Fsp3) is 0.154.